The van der Waals surface area contributed by atoms with Crippen LogP contribution >= 0.6 is 0 Å². The molecule has 5 rings (SSSR count). The van der Waals surface area contributed by atoms with Crippen LogP contribution in [-0.2, 0) is 0 Å². The number of piperazine rings is 1. The van der Waals surface area contributed by atoms with Crippen molar-refractivity contribution >= 4 is 11.6 Å². The van der Waals surface area contributed by atoms with Crippen LogP contribution in [0.2, 0.25) is 0 Å². The van der Waals surface area contributed by atoms with Gasteiger partial charge < -0.3 is 19.3 Å². The lowest BCUT2D eigenvalue weighted by molar-refractivity contribution is 0.0737. The molecule has 4 aromatic rings. The third-order valence-electron chi connectivity index (χ3n) is 6.38. The Kier molecular flexibility index (Phi) is 6.58. The second-order valence-electron chi connectivity index (χ2n) is 8.48. The molecule has 1 amide bonds. The quantitative estimate of drug-likeness (QED) is 0.397. The van der Waals surface area contributed by atoms with Crippen molar-refractivity contribution in [2.75, 3.05) is 45.3 Å². The molecule has 0 saturated carbocycles. The minimum absolute atomic E-state index is 0.119. The van der Waals surface area contributed by atoms with Gasteiger partial charge in [0.2, 0.25) is 0 Å². The summed E-state index contributed by atoms with van der Waals surface area (Å²) in [7, 11) is 3.28. The first-order chi connectivity index (χ1) is 17.6. The van der Waals surface area contributed by atoms with Gasteiger partial charge in [-0.25, -0.2) is 9.07 Å². The molecule has 8 heteroatoms. The molecule has 0 atom stereocenters. The van der Waals surface area contributed by atoms with E-state index in [0.29, 0.717) is 43.3 Å². The number of ether oxygens (including phenoxy) is 2. The van der Waals surface area contributed by atoms with Gasteiger partial charge in [-0.2, -0.15) is 5.10 Å². The predicted molar refractivity (Wildman–Crippen MR) is 137 cm³/mol. The Morgan fingerprint density at radius 2 is 1.56 bits per heavy atom. The van der Waals surface area contributed by atoms with E-state index in [1.54, 1.807) is 37.1 Å². The number of aromatic nitrogens is 2. The van der Waals surface area contributed by atoms with Gasteiger partial charge >= 0.3 is 0 Å². The summed E-state index contributed by atoms with van der Waals surface area (Å²) in [6.07, 6.45) is 0. The summed E-state index contributed by atoms with van der Waals surface area (Å²) < 4.78 is 25.9. The first kappa shape index (κ1) is 23.4. The van der Waals surface area contributed by atoms with E-state index in [9.17, 15) is 9.18 Å². The fourth-order valence-electron chi connectivity index (χ4n) is 4.42. The highest BCUT2D eigenvalue weighted by Crippen LogP contribution is 2.29. The summed E-state index contributed by atoms with van der Waals surface area (Å²) >= 11 is 0. The highest BCUT2D eigenvalue weighted by Gasteiger charge is 2.27. The number of benzene rings is 3. The zero-order chi connectivity index (χ0) is 25.1. The predicted octanol–water partition coefficient (Wildman–Crippen LogP) is 4.66. The number of carbonyl (C=O) groups is 1. The highest BCUT2D eigenvalue weighted by molar-refractivity contribution is 5.94. The van der Waals surface area contributed by atoms with Gasteiger partial charge in [-0.15, -0.1) is 0 Å². The molecule has 1 fully saturated rings. The van der Waals surface area contributed by atoms with Crippen molar-refractivity contribution in [3.05, 3.63) is 90.4 Å². The molecular weight excluding hydrogens is 459 g/mol. The molecule has 3 aromatic carbocycles. The monoisotopic (exact) mass is 486 g/mol. The lowest BCUT2D eigenvalue weighted by Gasteiger charge is -2.36. The molecule has 1 aromatic heterocycles. The van der Waals surface area contributed by atoms with Gasteiger partial charge in [-0.3, -0.25) is 4.79 Å². The van der Waals surface area contributed by atoms with Crippen LogP contribution in [0.3, 0.4) is 0 Å². The molecule has 0 unspecified atom stereocenters. The van der Waals surface area contributed by atoms with Gasteiger partial charge in [0.1, 0.15) is 23.0 Å². The van der Waals surface area contributed by atoms with Crippen LogP contribution in [0.25, 0.3) is 16.9 Å². The Bertz CT molecular complexity index is 1340. The Hall–Kier alpha value is -4.33. The maximum Gasteiger partial charge on any atom is 0.272 e. The Labute approximate surface area is 209 Å². The second-order valence-corrected chi connectivity index (χ2v) is 8.48. The highest BCUT2D eigenvalue weighted by atomic mass is 19.1. The minimum Gasteiger partial charge on any atom is -0.497 e. The smallest absolute Gasteiger partial charge is 0.272 e. The molecule has 2 heterocycles. The van der Waals surface area contributed by atoms with Crippen LogP contribution < -0.4 is 14.4 Å². The Morgan fingerprint density at radius 1 is 0.861 bits per heavy atom. The minimum atomic E-state index is -0.346. The first-order valence-corrected chi connectivity index (χ1v) is 11.7. The topological polar surface area (TPSA) is 59.8 Å². The molecule has 0 radical (unpaired) electrons. The fraction of sp³-hybridized carbons (Fsp3) is 0.214. The molecule has 0 spiro atoms. The van der Waals surface area contributed by atoms with Crippen LogP contribution in [0.1, 0.15) is 10.5 Å². The summed E-state index contributed by atoms with van der Waals surface area (Å²) in [4.78, 5) is 17.8. The van der Waals surface area contributed by atoms with E-state index in [0.717, 1.165) is 22.7 Å². The number of halogens is 1. The van der Waals surface area contributed by atoms with Crippen molar-refractivity contribution in [1.29, 1.82) is 0 Å². The summed E-state index contributed by atoms with van der Waals surface area (Å²) in [5.41, 5.74) is 3.57. The van der Waals surface area contributed by atoms with Crippen molar-refractivity contribution in [2.45, 2.75) is 0 Å². The summed E-state index contributed by atoms with van der Waals surface area (Å²) in [6, 6.07) is 23.2. The molecule has 36 heavy (non-hydrogen) atoms. The van der Waals surface area contributed by atoms with Crippen molar-refractivity contribution in [3.63, 3.8) is 0 Å². The number of hydrogen-bond donors (Lipinski definition) is 0. The van der Waals surface area contributed by atoms with Crippen LogP contribution in [0.4, 0.5) is 10.1 Å². The van der Waals surface area contributed by atoms with E-state index in [1.807, 2.05) is 53.4 Å². The number of nitrogens with zero attached hydrogens (tertiary/aromatic N) is 4. The third-order valence-corrected chi connectivity index (χ3v) is 6.38. The van der Waals surface area contributed by atoms with Gasteiger partial charge in [-0.1, -0.05) is 12.1 Å². The SMILES string of the molecule is COc1ccc(-c2cc(C(=O)N3CCN(c4ccccc4OC)CC3)n(-c3ccc(F)cc3)n2)cc1. The van der Waals surface area contributed by atoms with E-state index in [2.05, 4.69) is 4.90 Å². The number of methoxy groups -OCH3 is 2. The van der Waals surface area contributed by atoms with Gasteiger partial charge in [0.25, 0.3) is 5.91 Å². The fourth-order valence-corrected chi connectivity index (χ4v) is 4.42. The van der Waals surface area contributed by atoms with E-state index in [4.69, 9.17) is 14.6 Å². The molecule has 7 nitrogen and oxygen atoms in total. The number of carbonyl (C=O) groups excluding carboxylic acids is 1. The summed E-state index contributed by atoms with van der Waals surface area (Å²) in [5, 5.41) is 4.72. The molecule has 0 bridgehead atoms. The van der Waals surface area contributed by atoms with Gasteiger partial charge in [0.05, 0.1) is 31.3 Å². The number of para-hydroxylation sites is 2. The van der Waals surface area contributed by atoms with E-state index >= 15 is 0 Å². The maximum atomic E-state index is 13.7. The maximum absolute atomic E-state index is 13.7. The Balaban J connectivity index is 1.42. The number of hydrogen-bond acceptors (Lipinski definition) is 5. The normalized spacial score (nSPS) is 13.5. The van der Waals surface area contributed by atoms with Crippen LogP contribution in [0.15, 0.2) is 78.9 Å². The van der Waals surface area contributed by atoms with Gasteiger partial charge in [-0.05, 0) is 66.7 Å². The Morgan fingerprint density at radius 3 is 2.22 bits per heavy atom. The zero-order valence-corrected chi connectivity index (χ0v) is 20.2. The van der Waals surface area contributed by atoms with Crippen LogP contribution in [0.5, 0.6) is 11.5 Å². The lowest BCUT2D eigenvalue weighted by atomic mass is 10.1. The molecule has 0 aliphatic carbocycles. The average molecular weight is 487 g/mol. The molecule has 184 valence electrons. The standard InChI is InChI=1S/C28H27FN4O3/c1-35-23-13-7-20(8-14-23)24-19-26(33(30-24)22-11-9-21(29)10-12-22)28(34)32-17-15-31(16-18-32)25-5-3-4-6-27(25)36-2/h3-14,19H,15-18H2,1-2H3. The lowest BCUT2D eigenvalue weighted by Crippen LogP contribution is -2.49. The average Bonchev–Trinajstić information content (AvgIpc) is 3.38. The van der Waals surface area contributed by atoms with Crippen LogP contribution in [0, 0.1) is 5.82 Å². The van der Waals surface area contributed by atoms with E-state index in [1.165, 1.54) is 12.1 Å². The van der Waals surface area contributed by atoms with Crippen molar-refractivity contribution < 1.29 is 18.7 Å². The van der Waals surface area contributed by atoms with Crippen LogP contribution in [-0.4, -0.2) is 61.0 Å². The zero-order valence-electron chi connectivity index (χ0n) is 20.2. The number of rotatable bonds is 6. The van der Waals surface area contributed by atoms with Crippen molar-refractivity contribution in [2.24, 2.45) is 0 Å². The van der Waals surface area contributed by atoms with E-state index in [-0.39, 0.29) is 11.7 Å². The third kappa shape index (κ3) is 4.62. The summed E-state index contributed by atoms with van der Waals surface area (Å²) in [5.74, 6) is 1.09. The summed E-state index contributed by atoms with van der Waals surface area (Å²) in [6.45, 7) is 2.48. The second kappa shape index (κ2) is 10.1. The molecule has 0 N–H and O–H groups in total. The molecule has 1 aliphatic heterocycles. The van der Waals surface area contributed by atoms with E-state index < -0.39 is 0 Å². The largest absolute Gasteiger partial charge is 0.497 e. The first-order valence-electron chi connectivity index (χ1n) is 11.7. The van der Waals surface area contributed by atoms with Gasteiger partial charge in [0.15, 0.2) is 0 Å². The number of amides is 1. The number of anilines is 1. The van der Waals surface area contributed by atoms with Crippen molar-refractivity contribution in [1.82, 2.24) is 14.7 Å². The molecular formula is C28H27FN4O3. The molecule has 1 aliphatic rings. The van der Waals surface area contributed by atoms with Gasteiger partial charge in [0, 0.05) is 31.7 Å². The van der Waals surface area contributed by atoms with Crippen molar-refractivity contribution in [3.8, 4) is 28.4 Å². The molecule has 1 saturated heterocycles.